The van der Waals surface area contributed by atoms with E-state index in [9.17, 15) is 0 Å². The molecule has 1 atom stereocenters. The van der Waals surface area contributed by atoms with Crippen molar-refractivity contribution in [2.45, 2.75) is 26.3 Å². The van der Waals surface area contributed by atoms with Gasteiger partial charge >= 0.3 is 0 Å². The number of pyridine rings is 1. The molecule has 3 aromatic carbocycles. The summed E-state index contributed by atoms with van der Waals surface area (Å²) < 4.78 is 12.1. The molecule has 36 heavy (non-hydrogen) atoms. The molecular weight excluding hydrogens is 448 g/mol. The molecule has 5 rings (SSSR count). The van der Waals surface area contributed by atoms with Crippen LogP contribution in [0.15, 0.2) is 85.1 Å². The Labute approximate surface area is 211 Å². The van der Waals surface area contributed by atoms with Crippen LogP contribution in [0.25, 0.3) is 33.3 Å². The van der Waals surface area contributed by atoms with E-state index in [1.54, 1.807) is 6.20 Å². The molecule has 6 nitrogen and oxygen atoms in total. The number of hydrogen-bond acceptors (Lipinski definition) is 5. The van der Waals surface area contributed by atoms with Crippen LogP contribution in [-0.2, 0) is 6.42 Å². The number of H-pyrrole nitrogens is 1. The zero-order valence-electron chi connectivity index (χ0n) is 20.6. The maximum absolute atomic E-state index is 6.37. The van der Waals surface area contributed by atoms with E-state index < -0.39 is 0 Å². The molecule has 0 aliphatic heterocycles. The van der Waals surface area contributed by atoms with Gasteiger partial charge in [-0.3, -0.25) is 10.1 Å². The number of nitrogens with zero attached hydrogens (tertiary/aromatic N) is 2. The van der Waals surface area contributed by atoms with E-state index in [0.29, 0.717) is 19.0 Å². The summed E-state index contributed by atoms with van der Waals surface area (Å²) in [5, 5.41) is 8.51. The second-order valence-electron chi connectivity index (χ2n) is 8.83. The van der Waals surface area contributed by atoms with Crippen LogP contribution in [0, 0.1) is 6.92 Å². The summed E-state index contributed by atoms with van der Waals surface area (Å²) in [6, 6.07) is 26.4. The van der Waals surface area contributed by atoms with Gasteiger partial charge in [0.15, 0.2) is 0 Å². The number of rotatable bonds is 9. The Morgan fingerprint density at radius 1 is 0.917 bits per heavy atom. The quantitative estimate of drug-likeness (QED) is 0.273. The molecule has 0 saturated carbocycles. The fourth-order valence-corrected chi connectivity index (χ4v) is 4.39. The number of nitrogens with one attached hydrogen (secondary N) is 1. The number of aromatic nitrogens is 3. The molecule has 0 fully saturated rings. The van der Waals surface area contributed by atoms with Gasteiger partial charge in [-0.05, 0) is 61.7 Å². The molecule has 0 spiro atoms. The van der Waals surface area contributed by atoms with Gasteiger partial charge in [0.05, 0.1) is 29.7 Å². The van der Waals surface area contributed by atoms with E-state index in [1.807, 2.05) is 68.4 Å². The third kappa shape index (κ3) is 5.09. The fourth-order valence-electron chi connectivity index (χ4n) is 4.39. The molecule has 0 bridgehead atoms. The number of para-hydroxylation sites is 1. The summed E-state index contributed by atoms with van der Waals surface area (Å²) in [5.41, 5.74) is 13.3. The van der Waals surface area contributed by atoms with E-state index in [-0.39, 0.29) is 6.04 Å². The lowest BCUT2D eigenvalue weighted by molar-refractivity contribution is 0.287. The maximum Gasteiger partial charge on any atom is 0.138 e. The molecule has 5 aromatic rings. The lowest BCUT2D eigenvalue weighted by atomic mass is 9.97. The van der Waals surface area contributed by atoms with Crippen LogP contribution in [0.2, 0.25) is 0 Å². The summed E-state index contributed by atoms with van der Waals surface area (Å²) in [4.78, 5) is 4.85. The van der Waals surface area contributed by atoms with E-state index in [2.05, 4.69) is 34.5 Å². The molecule has 3 N–H and O–H groups in total. The van der Waals surface area contributed by atoms with Crippen LogP contribution in [0.1, 0.15) is 18.2 Å². The van der Waals surface area contributed by atoms with Gasteiger partial charge in [0.25, 0.3) is 0 Å². The van der Waals surface area contributed by atoms with Gasteiger partial charge in [-0.1, -0.05) is 48.5 Å². The predicted octanol–water partition coefficient (Wildman–Crippen LogP) is 5.95. The normalized spacial score (nSPS) is 12.0. The van der Waals surface area contributed by atoms with Crippen molar-refractivity contribution in [2.75, 3.05) is 13.2 Å². The van der Waals surface area contributed by atoms with Crippen LogP contribution >= 0.6 is 0 Å². The molecule has 2 heterocycles. The Bertz CT molecular complexity index is 1460. The number of aromatic amines is 1. The van der Waals surface area contributed by atoms with Crippen LogP contribution < -0.4 is 15.2 Å². The first-order chi connectivity index (χ1) is 17.6. The Morgan fingerprint density at radius 2 is 1.72 bits per heavy atom. The number of aryl methyl sites for hydroxylation is 1. The Balaban J connectivity index is 1.50. The highest BCUT2D eigenvalue weighted by Gasteiger charge is 2.17. The number of ether oxygens (including phenoxy) is 2. The zero-order chi connectivity index (χ0) is 24.9. The average Bonchev–Trinajstić information content (AvgIpc) is 3.28. The van der Waals surface area contributed by atoms with Crippen LogP contribution in [-0.4, -0.2) is 34.4 Å². The second kappa shape index (κ2) is 10.6. The molecule has 2 aromatic heterocycles. The molecular formula is C30H30N4O2. The topological polar surface area (TPSA) is 86.0 Å². The summed E-state index contributed by atoms with van der Waals surface area (Å²) in [6.07, 6.45) is 2.51. The predicted molar refractivity (Wildman–Crippen MR) is 144 cm³/mol. The minimum Gasteiger partial charge on any atom is -0.493 e. The van der Waals surface area contributed by atoms with E-state index in [4.69, 9.17) is 20.2 Å². The van der Waals surface area contributed by atoms with Crippen molar-refractivity contribution in [1.82, 2.24) is 15.2 Å². The highest BCUT2D eigenvalue weighted by atomic mass is 16.5. The molecule has 0 unspecified atom stereocenters. The molecule has 6 heteroatoms. The minimum atomic E-state index is -0.126. The van der Waals surface area contributed by atoms with Gasteiger partial charge in [-0.15, -0.1) is 0 Å². The second-order valence-corrected chi connectivity index (χ2v) is 8.83. The highest BCUT2D eigenvalue weighted by Crippen LogP contribution is 2.38. The summed E-state index contributed by atoms with van der Waals surface area (Å²) >= 11 is 0. The van der Waals surface area contributed by atoms with Crippen molar-refractivity contribution in [3.05, 3.63) is 96.3 Å². The monoisotopic (exact) mass is 478 g/mol. The molecule has 0 aliphatic rings. The van der Waals surface area contributed by atoms with Crippen molar-refractivity contribution < 1.29 is 9.47 Å². The van der Waals surface area contributed by atoms with E-state index in [0.717, 1.165) is 51.2 Å². The number of benzene rings is 3. The summed E-state index contributed by atoms with van der Waals surface area (Å²) in [7, 11) is 0. The Morgan fingerprint density at radius 3 is 2.56 bits per heavy atom. The molecule has 0 amide bonds. The smallest absolute Gasteiger partial charge is 0.138 e. The van der Waals surface area contributed by atoms with E-state index >= 15 is 0 Å². The summed E-state index contributed by atoms with van der Waals surface area (Å²) in [5.74, 6) is 1.48. The van der Waals surface area contributed by atoms with Gasteiger partial charge in [0.1, 0.15) is 18.1 Å². The van der Waals surface area contributed by atoms with Crippen LogP contribution in [0.4, 0.5) is 0 Å². The zero-order valence-corrected chi connectivity index (χ0v) is 20.6. The van der Waals surface area contributed by atoms with E-state index in [1.165, 1.54) is 5.56 Å². The first-order valence-corrected chi connectivity index (χ1v) is 12.2. The first kappa shape index (κ1) is 23.6. The van der Waals surface area contributed by atoms with Crippen molar-refractivity contribution in [3.63, 3.8) is 0 Å². The van der Waals surface area contributed by atoms with Gasteiger partial charge in [0.2, 0.25) is 0 Å². The SMILES string of the molecule is CCOc1ccccc1-c1ncc(OC[C@@H](N)Cc2ccccc2)cc1-c1ccc2[nH]nc(C)c2c1. The Hall–Kier alpha value is -4.16. The minimum absolute atomic E-state index is 0.126. The van der Waals surface area contributed by atoms with Crippen molar-refractivity contribution in [3.8, 4) is 33.9 Å². The number of hydrogen-bond donors (Lipinski definition) is 2. The van der Waals surface area contributed by atoms with Gasteiger partial charge in [0, 0.05) is 22.6 Å². The lowest BCUT2D eigenvalue weighted by Gasteiger charge is -2.17. The number of nitrogens with two attached hydrogens (primary N) is 1. The number of fused-ring (bicyclic) bond motifs is 1. The Kier molecular flexibility index (Phi) is 6.96. The first-order valence-electron chi connectivity index (χ1n) is 12.2. The van der Waals surface area contributed by atoms with Crippen LogP contribution in [0.5, 0.6) is 11.5 Å². The largest absolute Gasteiger partial charge is 0.493 e. The van der Waals surface area contributed by atoms with Crippen molar-refractivity contribution >= 4 is 10.9 Å². The highest BCUT2D eigenvalue weighted by molar-refractivity contribution is 5.91. The van der Waals surface area contributed by atoms with Crippen molar-refractivity contribution in [2.24, 2.45) is 5.73 Å². The molecule has 182 valence electrons. The molecule has 0 saturated heterocycles. The third-order valence-corrected chi connectivity index (χ3v) is 6.17. The lowest BCUT2D eigenvalue weighted by Crippen LogP contribution is -2.30. The standard InChI is InChI=1S/C30H30N4O2/c1-3-35-29-12-8-7-11-25(29)30-27(22-13-14-28-26(16-22)20(2)33-34-28)17-24(18-32-30)36-19-23(31)15-21-9-5-4-6-10-21/h4-14,16-18,23H,3,15,19,31H2,1-2H3,(H,33,34)/t23-/m0/s1. The van der Waals surface area contributed by atoms with Gasteiger partial charge in [-0.25, -0.2) is 0 Å². The maximum atomic E-state index is 6.37. The fraction of sp³-hybridized carbons (Fsp3) is 0.200. The van der Waals surface area contributed by atoms with Gasteiger partial charge < -0.3 is 15.2 Å². The summed E-state index contributed by atoms with van der Waals surface area (Å²) in [6.45, 7) is 4.95. The van der Waals surface area contributed by atoms with Crippen molar-refractivity contribution in [1.29, 1.82) is 0 Å². The third-order valence-electron chi connectivity index (χ3n) is 6.17. The molecule has 0 radical (unpaired) electrons. The van der Waals surface area contributed by atoms with Crippen LogP contribution in [0.3, 0.4) is 0 Å². The van der Waals surface area contributed by atoms with Gasteiger partial charge in [-0.2, -0.15) is 5.10 Å². The molecule has 0 aliphatic carbocycles. The average molecular weight is 479 g/mol.